The molecule has 6 nitrogen and oxygen atoms in total. The van der Waals surface area contributed by atoms with Crippen LogP contribution < -0.4 is 16.6 Å². The van der Waals surface area contributed by atoms with Gasteiger partial charge in [-0.1, -0.05) is 19.9 Å². The first-order chi connectivity index (χ1) is 9.61. The number of nitrogens with one attached hydrogen (secondary N) is 2. The van der Waals surface area contributed by atoms with Crippen molar-refractivity contribution in [3.8, 4) is 0 Å². The zero-order chi connectivity index (χ0) is 14.5. The molecule has 2 heterocycles. The largest absolute Gasteiger partial charge is 0.364 e. The van der Waals surface area contributed by atoms with E-state index in [9.17, 15) is 0 Å². The van der Waals surface area contributed by atoms with E-state index in [1.54, 1.807) is 6.20 Å². The summed E-state index contributed by atoms with van der Waals surface area (Å²) in [6, 6.07) is 5.82. The number of hydrogen-bond acceptors (Lipinski definition) is 6. The third-order valence-corrected chi connectivity index (χ3v) is 2.98. The van der Waals surface area contributed by atoms with Gasteiger partial charge in [-0.3, -0.25) is 4.98 Å². The number of aromatic nitrogens is 3. The van der Waals surface area contributed by atoms with Crippen molar-refractivity contribution >= 4 is 11.6 Å². The van der Waals surface area contributed by atoms with E-state index in [2.05, 4.69) is 25.7 Å². The minimum Gasteiger partial charge on any atom is -0.364 e. The number of nitrogens with zero attached hydrogens (tertiary/aromatic N) is 3. The highest BCUT2D eigenvalue weighted by Crippen LogP contribution is 2.22. The van der Waals surface area contributed by atoms with Crippen molar-refractivity contribution in [3.05, 3.63) is 41.5 Å². The molecule has 2 aromatic heterocycles. The van der Waals surface area contributed by atoms with Crippen LogP contribution in [0.15, 0.2) is 24.4 Å². The molecule has 0 fully saturated rings. The molecule has 2 aromatic rings. The summed E-state index contributed by atoms with van der Waals surface area (Å²) in [4.78, 5) is 13.2. The Morgan fingerprint density at radius 1 is 1.20 bits per heavy atom. The summed E-state index contributed by atoms with van der Waals surface area (Å²) in [6.07, 6.45) is 1.77. The number of hydrogen-bond donors (Lipinski definition) is 3. The summed E-state index contributed by atoms with van der Waals surface area (Å²) in [5.41, 5.74) is 4.48. The van der Waals surface area contributed by atoms with Crippen LogP contribution in [0.5, 0.6) is 0 Å². The van der Waals surface area contributed by atoms with Gasteiger partial charge < -0.3 is 10.7 Å². The molecule has 0 unspecified atom stereocenters. The molecule has 4 N–H and O–H groups in total. The van der Waals surface area contributed by atoms with E-state index in [1.165, 1.54) is 0 Å². The molecule has 0 radical (unpaired) electrons. The average Bonchev–Trinajstić information content (AvgIpc) is 2.47. The van der Waals surface area contributed by atoms with Crippen LogP contribution in [-0.4, -0.2) is 15.0 Å². The normalized spacial score (nSPS) is 10.7. The van der Waals surface area contributed by atoms with Gasteiger partial charge in [-0.25, -0.2) is 15.8 Å². The molecule has 0 aliphatic heterocycles. The Morgan fingerprint density at radius 3 is 2.55 bits per heavy atom. The van der Waals surface area contributed by atoms with Crippen LogP contribution in [0.2, 0.25) is 0 Å². The van der Waals surface area contributed by atoms with Crippen molar-refractivity contribution in [3.63, 3.8) is 0 Å². The Balaban J connectivity index is 2.24. The smallest absolute Gasteiger partial charge is 0.148 e. The first kappa shape index (κ1) is 14.2. The van der Waals surface area contributed by atoms with Crippen LogP contribution in [-0.2, 0) is 6.54 Å². The maximum absolute atomic E-state index is 5.52. The highest BCUT2D eigenvalue weighted by Gasteiger charge is 2.12. The SMILES string of the molecule is Cc1c(NN)nc(C(C)C)nc1NCc1ccccn1. The molecule has 0 spiro atoms. The summed E-state index contributed by atoms with van der Waals surface area (Å²) in [5.74, 6) is 7.93. The van der Waals surface area contributed by atoms with Gasteiger partial charge in [-0.05, 0) is 19.1 Å². The molecule has 2 rings (SSSR count). The molecule has 0 amide bonds. The van der Waals surface area contributed by atoms with Gasteiger partial charge in [0.05, 0.1) is 12.2 Å². The maximum Gasteiger partial charge on any atom is 0.148 e. The first-order valence-electron chi connectivity index (χ1n) is 6.60. The Bertz CT molecular complexity index is 567. The van der Waals surface area contributed by atoms with E-state index >= 15 is 0 Å². The maximum atomic E-state index is 5.52. The van der Waals surface area contributed by atoms with Crippen LogP contribution >= 0.6 is 0 Å². The lowest BCUT2D eigenvalue weighted by molar-refractivity contribution is 0.772. The summed E-state index contributed by atoms with van der Waals surface area (Å²) in [6.45, 7) is 6.64. The molecule has 0 bridgehead atoms. The van der Waals surface area contributed by atoms with E-state index in [0.717, 1.165) is 22.9 Å². The highest BCUT2D eigenvalue weighted by atomic mass is 15.3. The molecule has 20 heavy (non-hydrogen) atoms. The predicted octanol–water partition coefficient (Wildman–Crippen LogP) is 2.20. The fourth-order valence-corrected chi connectivity index (χ4v) is 1.78. The predicted molar refractivity (Wildman–Crippen MR) is 80.2 cm³/mol. The number of hydrazine groups is 1. The third kappa shape index (κ3) is 3.21. The van der Waals surface area contributed by atoms with E-state index in [4.69, 9.17) is 5.84 Å². The van der Waals surface area contributed by atoms with Crippen molar-refractivity contribution in [1.82, 2.24) is 15.0 Å². The molecule has 106 valence electrons. The Hall–Kier alpha value is -2.21. The number of nitrogens with two attached hydrogens (primary N) is 1. The van der Waals surface area contributed by atoms with Gasteiger partial charge >= 0.3 is 0 Å². The summed E-state index contributed by atoms with van der Waals surface area (Å²) in [5, 5.41) is 3.29. The summed E-state index contributed by atoms with van der Waals surface area (Å²) >= 11 is 0. The Labute approximate surface area is 118 Å². The van der Waals surface area contributed by atoms with E-state index in [-0.39, 0.29) is 5.92 Å². The van der Waals surface area contributed by atoms with Crippen molar-refractivity contribution in [2.75, 3.05) is 10.7 Å². The fourth-order valence-electron chi connectivity index (χ4n) is 1.78. The van der Waals surface area contributed by atoms with Crippen molar-refractivity contribution in [2.45, 2.75) is 33.2 Å². The van der Waals surface area contributed by atoms with Gasteiger partial charge in [-0.2, -0.15) is 0 Å². The topological polar surface area (TPSA) is 88.8 Å². The Kier molecular flexibility index (Phi) is 4.47. The fraction of sp³-hybridized carbons (Fsp3) is 0.357. The second-order valence-electron chi connectivity index (χ2n) is 4.88. The summed E-state index contributed by atoms with van der Waals surface area (Å²) < 4.78 is 0. The lowest BCUT2D eigenvalue weighted by Crippen LogP contribution is -2.15. The second-order valence-corrected chi connectivity index (χ2v) is 4.88. The lowest BCUT2D eigenvalue weighted by Gasteiger charge is -2.14. The molecule has 6 heteroatoms. The standard InChI is InChI=1S/C14H20N6/c1-9(2)12-18-13(10(3)14(19-12)20-15)17-8-11-6-4-5-7-16-11/h4-7,9H,8,15H2,1-3H3,(H2,17,18,19,20). The molecule has 0 aliphatic rings. The Morgan fingerprint density at radius 2 is 1.95 bits per heavy atom. The molecular formula is C14H20N6. The zero-order valence-corrected chi connectivity index (χ0v) is 12.0. The highest BCUT2D eigenvalue weighted by molar-refractivity contribution is 5.56. The number of anilines is 2. The zero-order valence-electron chi connectivity index (χ0n) is 12.0. The summed E-state index contributed by atoms with van der Waals surface area (Å²) in [7, 11) is 0. The molecular weight excluding hydrogens is 252 g/mol. The van der Waals surface area contributed by atoms with E-state index < -0.39 is 0 Å². The first-order valence-corrected chi connectivity index (χ1v) is 6.60. The van der Waals surface area contributed by atoms with Gasteiger partial charge in [0.25, 0.3) is 0 Å². The minimum absolute atomic E-state index is 0.234. The number of pyridine rings is 1. The van der Waals surface area contributed by atoms with Crippen LogP contribution in [0.3, 0.4) is 0 Å². The average molecular weight is 272 g/mol. The molecule has 0 atom stereocenters. The van der Waals surface area contributed by atoms with Crippen molar-refractivity contribution in [1.29, 1.82) is 0 Å². The monoisotopic (exact) mass is 272 g/mol. The lowest BCUT2D eigenvalue weighted by atomic mass is 10.2. The van der Waals surface area contributed by atoms with Crippen LogP contribution in [0, 0.1) is 6.92 Å². The van der Waals surface area contributed by atoms with Crippen molar-refractivity contribution in [2.24, 2.45) is 5.84 Å². The quantitative estimate of drug-likeness (QED) is 0.571. The van der Waals surface area contributed by atoms with Gasteiger partial charge in [-0.15, -0.1) is 0 Å². The van der Waals surface area contributed by atoms with Gasteiger partial charge in [0, 0.05) is 17.7 Å². The number of nitrogen functional groups attached to an aromatic ring is 1. The van der Waals surface area contributed by atoms with Crippen LogP contribution in [0.25, 0.3) is 0 Å². The van der Waals surface area contributed by atoms with Gasteiger partial charge in [0.15, 0.2) is 0 Å². The van der Waals surface area contributed by atoms with E-state index in [1.807, 2.05) is 39.0 Å². The van der Waals surface area contributed by atoms with Crippen LogP contribution in [0.4, 0.5) is 11.6 Å². The minimum atomic E-state index is 0.234. The number of rotatable bonds is 5. The van der Waals surface area contributed by atoms with Crippen LogP contribution in [0.1, 0.15) is 36.8 Å². The molecule has 0 saturated heterocycles. The molecule has 0 aliphatic carbocycles. The van der Waals surface area contributed by atoms with Gasteiger partial charge in [0.1, 0.15) is 17.5 Å². The van der Waals surface area contributed by atoms with Gasteiger partial charge in [0.2, 0.25) is 0 Å². The second kappa shape index (κ2) is 6.29. The molecule has 0 aromatic carbocycles. The van der Waals surface area contributed by atoms with E-state index in [0.29, 0.717) is 12.4 Å². The van der Waals surface area contributed by atoms with Crippen molar-refractivity contribution < 1.29 is 0 Å². The molecule has 0 saturated carbocycles. The third-order valence-electron chi connectivity index (χ3n) is 2.98.